The summed E-state index contributed by atoms with van der Waals surface area (Å²) in [7, 11) is 0. The maximum Gasteiger partial charge on any atom is 0.410 e. The molecule has 20 atom stereocenters. The van der Waals surface area contributed by atoms with Crippen LogP contribution in [-0.2, 0) is 112 Å². The molecule has 0 unspecified atom stereocenters. The molecule has 4 fully saturated rings. The predicted molar refractivity (Wildman–Crippen MR) is 427 cm³/mol. The third kappa shape index (κ3) is 27.2. The summed E-state index contributed by atoms with van der Waals surface area (Å²) in [5, 5.41) is 103. The van der Waals surface area contributed by atoms with E-state index in [-0.39, 0.29) is 65.7 Å². The highest BCUT2D eigenvalue weighted by molar-refractivity contribution is 5.81. The Kier molecular flexibility index (Phi) is 35.1. The van der Waals surface area contributed by atoms with Crippen LogP contribution in [0.2, 0.25) is 0 Å². The zero-order valence-electron chi connectivity index (χ0n) is 66.2. The summed E-state index contributed by atoms with van der Waals surface area (Å²) in [5.41, 5.74) is 13.9. The molecule has 0 bridgehead atoms. The van der Waals surface area contributed by atoms with Gasteiger partial charge in [-0.15, -0.1) is 0 Å². The molecule has 7 amide bonds. The van der Waals surface area contributed by atoms with E-state index < -0.39 is 204 Å². The van der Waals surface area contributed by atoms with E-state index in [0.29, 0.717) is 33.4 Å². The van der Waals surface area contributed by atoms with E-state index in [1.54, 1.807) is 182 Å². The number of azide groups is 1. The number of benzene rings is 7. The number of aliphatic hydroxyl groups excluding tert-OH is 7. The quantitative estimate of drug-likeness (QED) is 0.0104. The molecule has 11 rings (SSSR count). The predicted octanol–water partition coefficient (Wildman–Crippen LogP) is 5.07. The summed E-state index contributed by atoms with van der Waals surface area (Å²) >= 11 is 0. The second kappa shape index (κ2) is 47.0. The van der Waals surface area contributed by atoms with Gasteiger partial charge in [0.2, 0.25) is 5.91 Å². The van der Waals surface area contributed by atoms with Gasteiger partial charge in [0, 0.05) is 31.1 Å². The van der Waals surface area contributed by atoms with Gasteiger partial charge in [-0.1, -0.05) is 217 Å². The molecule has 3 aliphatic heterocycles. The molecule has 4 aliphatic rings. The smallest absolute Gasteiger partial charge is 0.410 e. The number of nitrogens with one attached hydrogen (secondary N) is 6. The molecular weight excluding hydrogens is 1590 g/mol. The molecule has 0 spiro atoms. The van der Waals surface area contributed by atoms with Gasteiger partial charge in [-0.3, -0.25) is 4.79 Å². The lowest BCUT2D eigenvalue weighted by atomic mass is 9.83. The molecule has 652 valence electrons. The summed E-state index contributed by atoms with van der Waals surface area (Å²) in [5.74, 6) is -1.15. The van der Waals surface area contributed by atoms with Crippen LogP contribution in [0.25, 0.3) is 10.4 Å². The molecule has 37 heteroatoms. The van der Waals surface area contributed by atoms with E-state index in [2.05, 4.69) is 41.9 Å². The van der Waals surface area contributed by atoms with Crippen molar-refractivity contribution in [2.24, 2.45) is 5.11 Å². The molecule has 122 heavy (non-hydrogen) atoms. The Morgan fingerprint density at radius 3 is 1.30 bits per heavy atom. The first kappa shape index (κ1) is 91.1. The second-order valence-electron chi connectivity index (χ2n) is 28.9. The molecule has 3 heterocycles. The third-order valence-electron chi connectivity index (χ3n) is 20.4. The van der Waals surface area contributed by atoms with Gasteiger partial charge in [0.15, 0.2) is 18.9 Å². The molecule has 1 saturated carbocycles. The minimum Gasteiger partial charge on any atom is -0.445 e. The van der Waals surface area contributed by atoms with Gasteiger partial charge < -0.3 is 134 Å². The van der Waals surface area contributed by atoms with Crippen LogP contribution < -0.4 is 31.9 Å². The first-order valence-electron chi connectivity index (χ1n) is 39.6. The van der Waals surface area contributed by atoms with Gasteiger partial charge in [-0.25, -0.2) is 28.8 Å². The van der Waals surface area contributed by atoms with Gasteiger partial charge in [-0.05, 0) is 63.7 Å². The van der Waals surface area contributed by atoms with Crippen molar-refractivity contribution in [3.05, 3.63) is 262 Å². The average molecular weight is 1690 g/mol. The average Bonchev–Trinajstić information content (AvgIpc) is 1.66. The molecular formula is C85H100N10O27. The van der Waals surface area contributed by atoms with Crippen molar-refractivity contribution < 1.29 is 131 Å². The Morgan fingerprint density at radius 1 is 0.434 bits per heavy atom. The van der Waals surface area contributed by atoms with Crippen LogP contribution in [0.4, 0.5) is 28.8 Å². The van der Waals surface area contributed by atoms with Crippen molar-refractivity contribution in [3.63, 3.8) is 0 Å². The fourth-order valence-corrected chi connectivity index (χ4v) is 13.9. The van der Waals surface area contributed by atoms with Crippen LogP contribution in [0, 0.1) is 0 Å². The summed E-state index contributed by atoms with van der Waals surface area (Å²) in [4.78, 5) is 102. The summed E-state index contributed by atoms with van der Waals surface area (Å²) in [6.07, 6.45) is -38.0. The highest BCUT2D eigenvalue weighted by Gasteiger charge is 2.58. The standard InChI is InChI=1S/C85H100N10O27/c86-94-89-44-63-69(100)71(102)65(92-83(107)114-49-56-30-16-5-17-31-56)77(118-63)120-72-60(91-82(106)113-48-55-28-14-4-15-29-55)42-59(90-76(103)61(97)36-38-87-80(104)111-46-53-24-10-2-11-25-53)67(98)74(72)122-79-75(110-41-40-95(39-37-52-22-8-1-9-23-52)85(109)116-51-58-34-20-7-21-35-58)73(64(45-96)119-79)121-78-66(93-84(108)115-50-57-32-18-6-19-33-57)70(101)68(99)62(117-78)43-88-81(105)112-47-54-26-12-3-13-27-54/h1-35,59-75,77-79,96-102H,36-51H2,(H,87,104)(H,88,105)(H,90,103)(H,91,106)(H,92,107)(H,93,108)/t59-,60+,61+,62+,63-,64-,65-,66-,67+,68-,69-,70-,71-,72-,73-,74-,75-,77-,78-,79+/m1/s1. The number of carbonyl (C=O) groups excluding carboxylic acids is 7. The molecule has 3 saturated heterocycles. The number of ether oxygens (including phenoxy) is 13. The second-order valence-corrected chi connectivity index (χ2v) is 28.9. The van der Waals surface area contributed by atoms with E-state index in [9.17, 15) is 74.8 Å². The first-order chi connectivity index (χ1) is 59.3. The van der Waals surface area contributed by atoms with E-state index in [0.717, 1.165) is 5.56 Å². The zero-order valence-corrected chi connectivity index (χ0v) is 66.2. The summed E-state index contributed by atoms with van der Waals surface area (Å²) in [6.45, 7) is -4.84. The Labute approximate surface area is 701 Å². The molecule has 13 N–H and O–H groups in total. The minimum atomic E-state index is -2.17. The number of rotatable bonds is 38. The number of alkyl carbamates (subject to hydrolysis) is 5. The molecule has 7 aromatic rings. The monoisotopic (exact) mass is 1690 g/mol. The summed E-state index contributed by atoms with van der Waals surface area (Å²) in [6, 6.07) is 53.7. The lowest BCUT2D eigenvalue weighted by molar-refractivity contribution is -0.312. The number of nitrogens with zero attached hydrogens (tertiary/aromatic N) is 4. The van der Waals surface area contributed by atoms with Crippen LogP contribution in [-0.4, -0.2) is 251 Å². The van der Waals surface area contributed by atoms with Crippen molar-refractivity contribution in [1.29, 1.82) is 0 Å². The Hall–Kier alpha value is -11.6. The largest absolute Gasteiger partial charge is 0.445 e. The summed E-state index contributed by atoms with van der Waals surface area (Å²) < 4.78 is 80.4. The number of hydrogen-bond acceptors (Lipinski definition) is 28. The molecule has 7 aromatic carbocycles. The SMILES string of the molecule is [N-]=[N+]=NC[C@H]1O[C@H](O[C@H]2[C@H](O[C@@H]3O[C@H](CO)[C@@H](O[C@H]4O[C@@H](CNC(=O)OCc5ccccc5)[C@@H](O)[C@H](O)[C@H]4NC(=O)OCc4ccccc4)[C@H]3OCCN(CCc3ccccc3)C(=O)OCc3ccccc3)[C@@H](O)[C@H](NC(=O)[C@@H](O)CCNC(=O)OCc3ccccc3)C[C@@H]2NC(=O)OCc2ccccc2)[C@H](NC(=O)OCc2ccccc2)[C@@H](O)[C@@H]1O. The Balaban J connectivity index is 0.975. The van der Waals surface area contributed by atoms with Crippen molar-refractivity contribution in [2.45, 2.75) is 181 Å². The lowest BCUT2D eigenvalue weighted by Crippen LogP contribution is -2.70. The molecule has 0 radical (unpaired) electrons. The van der Waals surface area contributed by atoms with E-state index in [1.165, 1.54) is 4.90 Å². The first-order valence-corrected chi connectivity index (χ1v) is 39.6. The Bertz CT molecular complexity index is 4440. The van der Waals surface area contributed by atoms with Crippen LogP contribution in [0.5, 0.6) is 0 Å². The van der Waals surface area contributed by atoms with E-state index >= 15 is 0 Å². The number of hydrogen-bond donors (Lipinski definition) is 13. The topological polar surface area (TPSA) is 505 Å². The van der Waals surface area contributed by atoms with E-state index in [4.69, 9.17) is 61.6 Å². The van der Waals surface area contributed by atoms with Crippen molar-refractivity contribution in [2.75, 3.05) is 45.9 Å². The van der Waals surface area contributed by atoms with Gasteiger partial charge in [0.25, 0.3) is 0 Å². The number of aliphatic hydroxyl groups is 7. The van der Waals surface area contributed by atoms with Crippen LogP contribution in [0.15, 0.2) is 217 Å². The lowest BCUT2D eigenvalue weighted by Gasteiger charge is -2.49. The van der Waals surface area contributed by atoms with E-state index in [1.807, 2.05) is 30.3 Å². The Morgan fingerprint density at radius 2 is 0.836 bits per heavy atom. The van der Waals surface area contributed by atoms with Crippen LogP contribution in [0.1, 0.15) is 51.8 Å². The van der Waals surface area contributed by atoms with Gasteiger partial charge in [-0.2, -0.15) is 0 Å². The number of amides is 7. The van der Waals surface area contributed by atoms with Crippen molar-refractivity contribution >= 4 is 42.5 Å². The molecule has 37 nitrogen and oxygen atoms in total. The minimum absolute atomic E-state index is 0.0225. The fraction of sp³-hybridized carbons (Fsp3) is 0.424. The van der Waals surface area contributed by atoms with Crippen molar-refractivity contribution in [1.82, 2.24) is 36.8 Å². The number of carbonyl (C=O) groups is 7. The normalized spacial score (nSPS) is 25.6. The van der Waals surface area contributed by atoms with Gasteiger partial charge >= 0.3 is 36.6 Å². The highest BCUT2D eigenvalue weighted by atomic mass is 16.8. The van der Waals surface area contributed by atoms with Crippen LogP contribution >= 0.6 is 0 Å². The van der Waals surface area contributed by atoms with Gasteiger partial charge in [0.05, 0.1) is 37.9 Å². The van der Waals surface area contributed by atoms with Crippen molar-refractivity contribution in [3.8, 4) is 0 Å². The maximum atomic E-state index is 14.6. The third-order valence-corrected chi connectivity index (χ3v) is 20.4. The fourth-order valence-electron chi connectivity index (χ4n) is 13.9. The highest BCUT2D eigenvalue weighted by Crippen LogP contribution is 2.38. The molecule has 1 aliphatic carbocycles. The van der Waals surface area contributed by atoms with Crippen LogP contribution in [0.3, 0.4) is 0 Å². The molecule has 0 aromatic heterocycles. The zero-order chi connectivity index (χ0) is 86.1. The van der Waals surface area contributed by atoms with Gasteiger partial charge in [0.1, 0.15) is 125 Å². The maximum absolute atomic E-state index is 14.6.